The van der Waals surface area contributed by atoms with Gasteiger partial charge in [0.2, 0.25) is 0 Å². The second-order valence-corrected chi connectivity index (χ2v) is 2.87. The number of hydrogen-bond donors (Lipinski definition) is 1. The van der Waals surface area contributed by atoms with Crippen LogP contribution in [0.2, 0.25) is 0 Å². The van der Waals surface area contributed by atoms with Crippen LogP contribution in [0.3, 0.4) is 0 Å². The van der Waals surface area contributed by atoms with Crippen LogP contribution in [0, 0.1) is 18.3 Å². The molecule has 3 atom stereocenters. The monoisotopic (exact) mass is 123 g/mol. The van der Waals surface area contributed by atoms with Crippen LogP contribution in [0.15, 0.2) is 0 Å². The minimum Gasteiger partial charge on any atom is -0.301 e. The van der Waals surface area contributed by atoms with Gasteiger partial charge < -0.3 is 5.32 Å². The fraction of sp³-hybridized carbons (Fsp3) is 0.750. The molecule has 0 heterocycles. The molecule has 1 aliphatic rings. The van der Waals surface area contributed by atoms with Gasteiger partial charge in [-0.05, 0) is 19.3 Å². The summed E-state index contributed by atoms with van der Waals surface area (Å²) in [4.78, 5) is 0. The molecule has 1 nitrogen and oxygen atoms in total. The van der Waals surface area contributed by atoms with E-state index in [0.29, 0.717) is 6.04 Å². The first-order chi connectivity index (χ1) is 4.24. The maximum Gasteiger partial charge on any atom is 0.0660 e. The number of nitrogens with one attached hydrogen (secondary N) is 1. The SMILES string of the molecule is C#CC(C)NC1CC1C. The van der Waals surface area contributed by atoms with E-state index in [0.717, 1.165) is 5.92 Å². The summed E-state index contributed by atoms with van der Waals surface area (Å²) >= 11 is 0. The Hall–Kier alpha value is -0.480. The largest absolute Gasteiger partial charge is 0.301 e. The summed E-state index contributed by atoms with van der Waals surface area (Å²) in [6, 6.07) is 0.955. The Morgan fingerprint density at radius 1 is 1.78 bits per heavy atom. The van der Waals surface area contributed by atoms with Crippen molar-refractivity contribution in [2.75, 3.05) is 0 Å². The molecule has 1 N–H and O–H groups in total. The first-order valence-corrected chi connectivity index (χ1v) is 3.46. The van der Waals surface area contributed by atoms with E-state index in [-0.39, 0.29) is 6.04 Å². The summed E-state index contributed by atoms with van der Waals surface area (Å²) in [5, 5.41) is 3.32. The lowest BCUT2D eigenvalue weighted by molar-refractivity contribution is 0.616. The standard InChI is InChI=1S/C8H13N/c1-4-7(3)9-8-5-6(8)2/h1,6-9H,5H2,2-3H3. The van der Waals surface area contributed by atoms with Crippen LogP contribution in [0.1, 0.15) is 20.3 Å². The van der Waals surface area contributed by atoms with E-state index in [1.807, 2.05) is 6.92 Å². The fourth-order valence-electron chi connectivity index (χ4n) is 0.924. The maximum atomic E-state index is 5.18. The maximum absolute atomic E-state index is 5.18. The highest BCUT2D eigenvalue weighted by molar-refractivity contribution is 5.01. The zero-order valence-corrected chi connectivity index (χ0v) is 6.02. The van der Waals surface area contributed by atoms with Crippen molar-refractivity contribution in [3.8, 4) is 12.3 Å². The Kier molecular flexibility index (Phi) is 1.78. The summed E-state index contributed by atoms with van der Waals surface area (Å²) in [6.07, 6.45) is 6.48. The van der Waals surface area contributed by atoms with Crippen LogP contribution in [-0.4, -0.2) is 12.1 Å². The van der Waals surface area contributed by atoms with Crippen LogP contribution in [0.4, 0.5) is 0 Å². The van der Waals surface area contributed by atoms with Gasteiger partial charge >= 0.3 is 0 Å². The van der Waals surface area contributed by atoms with Crippen LogP contribution >= 0.6 is 0 Å². The molecule has 0 aliphatic heterocycles. The van der Waals surface area contributed by atoms with Gasteiger partial charge in [-0.15, -0.1) is 6.42 Å². The number of hydrogen-bond acceptors (Lipinski definition) is 1. The van der Waals surface area contributed by atoms with Gasteiger partial charge in [-0.3, -0.25) is 0 Å². The zero-order valence-electron chi connectivity index (χ0n) is 6.02. The quantitative estimate of drug-likeness (QED) is 0.540. The topological polar surface area (TPSA) is 12.0 Å². The molecular weight excluding hydrogens is 110 g/mol. The molecule has 0 aromatic carbocycles. The van der Waals surface area contributed by atoms with E-state index >= 15 is 0 Å². The Morgan fingerprint density at radius 2 is 2.33 bits per heavy atom. The lowest BCUT2D eigenvalue weighted by atomic mass is 10.3. The van der Waals surface area contributed by atoms with Crippen LogP contribution in [-0.2, 0) is 0 Å². The van der Waals surface area contributed by atoms with Gasteiger partial charge in [-0.1, -0.05) is 12.8 Å². The second-order valence-electron chi connectivity index (χ2n) is 2.87. The molecule has 3 unspecified atom stereocenters. The van der Waals surface area contributed by atoms with E-state index in [9.17, 15) is 0 Å². The van der Waals surface area contributed by atoms with Gasteiger partial charge in [0.1, 0.15) is 0 Å². The summed E-state index contributed by atoms with van der Waals surface area (Å²) in [6.45, 7) is 4.26. The van der Waals surface area contributed by atoms with E-state index < -0.39 is 0 Å². The van der Waals surface area contributed by atoms with E-state index in [1.165, 1.54) is 6.42 Å². The van der Waals surface area contributed by atoms with Gasteiger partial charge in [-0.25, -0.2) is 0 Å². The smallest absolute Gasteiger partial charge is 0.0660 e. The Morgan fingerprint density at radius 3 is 2.67 bits per heavy atom. The van der Waals surface area contributed by atoms with Crippen LogP contribution in [0.25, 0.3) is 0 Å². The molecule has 0 spiro atoms. The minimum atomic E-state index is 0.250. The molecule has 50 valence electrons. The summed E-state index contributed by atoms with van der Waals surface area (Å²) < 4.78 is 0. The fourth-order valence-corrected chi connectivity index (χ4v) is 0.924. The Bertz CT molecular complexity index is 134. The molecule has 9 heavy (non-hydrogen) atoms. The molecule has 0 aromatic rings. The molecule has 1 heteroatoms. The van der Waals surface area contributed by atoms with Gasteiger partial charge in [-0.2, -0.15) is 0 Å². The average molecular weight is 123 g/mol. The minimum absolute atomic E-state index is 0.250. The van der Waals surface area contributed by atoms with Gasteiger partial charge in [0.05, 0.1) is 6.04 Å². The molecule has 1 fully saturated rings. The highest BCUT2D eigenvalue weighted by atomic mass is 15.0. The molecule has 0 radical (unpaired) electrons. The van der Waals surface area contributed by atoms with Crippen LogP contribution < -0.4 is 5.32 Å². The van der Waals surface area contributed by atoms with Crippen molar-refractivity contribution in [2.24, 2.45) is 5.92 Å². The molecular formula is C8H13N. The predicted molar refractivity (Wildman–Crippen MR) is 39.0 cm³/mol. The highest BCUT2D eigenvalue weighted by Gasteiger charge is 2.32. The van der Waals surface area contributed by atoms with E-state index in [4.69, 9.17) is 6.42 Å². The van der Waals surface area contributed by atoms with Gasteiger partial charge in [0.15, 0.2) is 0 Å². The lowest BCUT2D eigenvalue weighted by Gasteiger charge is -2.03. The lowest BCUT2D eigenvalue weighted by Crippen LogP contribution is -2.27. The van der Waals surface area contributed by atoms with Crippen molar-refractivity contribution in [2.45, 2.75) is 32.4 Å². The highest BCUT2D eigenvalue weighted by Crippen LogP contribution is 2.29. The first-order valence-electron chi connectivity index (χ1n) is 3.46. The molecule has 1 aliphatic carbocycles. The van der Waals surface area contributed by atoms with Crippen molar-refractivity contribution in [1.82, 2.24) is 5.32 Å². The van der Waals surface area contributed by atoms with Crippen molar-refractivity contribution < 1.29 is 0 Å². The van der Waals surface area contributed by atoms with Gasteiger partial charge in [0, 0.05) is 6.04 Å². The van der Waals surface area contributed by atoms with Crippen molar-refractivity contribution in [1.29, 1.82) is 0 Å². The molecule has 1 saturated carbocycles. The second kappa shape index (κ2) is 2.41. The summed E-state index contributed by atoms with van der Waals surface area (Å²) in [7, 11) is 0. The van der Waals surface area contributed by atoms with Crippen molar-refractivity contribution in [3.63, 3.8) is 0 Å². The Balaban J connectivity index is 2.14. The molecule has 0 aromatic heterocycles. The molecule has 0 amide bonds. The molecule has 0 saturated heterocycles. The third-order valence-corrected chi connectivity index (χ3v) is 1.82. The zero-order chi connectivity index (χ0) is 6.85. The van der Waals surface area contributed by atoms with E-state index in [2.05, 4.69) is 18.2 Å². The predicted octanol–water partition coefficient (Wildman–Crippen LogP) is 1.01. The average Bonchev–Trinajstić information content (AvgIpc) is 2.47. The third kappa shape index (κ3) is 1.73. The van der Waals surface area contributed by atoms with Crippen molar-refractivity contribution in [3.05, 3.63) is 0 Å². The number of terminal acetylenes is 1. The molecule has 1 rings (SSSR count). The first kappa shape index (κ1) is 6.64. The third-order valence-electron chi connectivity index (χ3n) is 1.82. The van der Waals surface area contributed by atoms with Crippen molar-refractivity contribution >= 4 is 0 Å². The van der Waals surface area contributed by atoms with Gasteiger partial charge in [0.25, 0.3) is 0 Å². The summed E-state index contributed by atoms with van der Waals surface area (Å²) in [5.74, 6) is 3.49. The van der Waals surface area contributed by atoms with Crippen LogP contribution in [0.5, 0.6) is 0 Å². The summed E-state index contributed by atoms with van der Waals surface area (Å²) in [5.41, 5.74) is 0. The van der Waals surface area contributed by atoms with E-state index in [1.54, 1.807) is 0 Å². The molecule has 0 bridgehead atoms. The normalized spacial score (nSPS) is 35.2. The number of rotatable bonds is 2. The Labute approximate surface area is 56.8 Å².